The fourth-order valence-corrected chi connectivity index (χ4v) is 2.42. The molecule has 0 aliphatic rings. The Morgan fingerprint density at radius 2 is 1.90 bits per heavy atom. The van der Waals surface area contributed by atoms with Crippen molar-refractivity contribution in [3.8, 4) is 5.75 Å². The Kier molecular flexibility index (Phi) is 5.32. The third kappa shape index (κ3) is 4.18. The Labute approximate surface area is 127 Å². The van der Waals surface area contributed by atoms with Gasteiger partial charge in [-0.3, -0.25) is 0 Å². The van der Waals surface area contributed by atoms with Crippen LogP contribution in [0.5, 0.6) is 5.75 Å². The van der Waals surface area contributed by atoms with Gasteiger partial charge in [-0.05, 0) is 29.8 Å². The van der Waals surface area contributed by atoms with Crippen molar-refractivity contribution in [1.82, 2.24) is 0 Å². The largest absolute Gasteiger partial charge is 0.497 e. The molecule has 0 atom stereocenters. The van der Waals surface area contributed by atoms with Gasteiger partial charge in [0.25, 0.3) is 0 Å². The van der Waals surface area contributed by atoms with Crippen molar-refractivity contribution in [2.24, 2.45) is 10.7 Å². The molecule has 2 rings (SSSR count). The number of aliphatic imine (C=N–C) groups is 1. The highest BCUT2D eigenvalue weighted by Gasteiger charge is 2.01. The molecule has 0 radical (unpaired) electrons. The zero-order valence-electron chi connectivity index (χ0n) is 11.0. The molecule has 0 aromatic heterocycles. The minimum absolute atomic E-state index is 0.494. The van der Waals surface area contributed by atoms with E-state index < -0.39 is 0 Å². The van der Waals surface area contributed by atoms with Crippen LogP contribution in [0.15, 0.2) is 53.5 Å². The summed E-state index contributed by atoms with van der Waals surface area (Å²) in [6, 6.07) is 15.2. The molecule has 0 amide bonds. The van der Waals surface area contributed by atoms with Crippen LogP contribution in [0.2, 0.25) is 5.02 Å². The van der Waals surface area contributed by atoms with E-state index in [2.05, 4.69) is 4.99 Å². The van der Waals surface area contributed by atoms with Crippen LogP contribution >= 0.6 is 23.4 Å². The van der Waals surface area contributed by atoms with Crippen LogP contribution in [0, 0.1) is 0 Å². The van der Waals surface area contributed by atoms with Crippen molar-refractivity contribution < 1.29 is 4.74 Å². The van der Waals surface area contributed by atoms with E-state index in [0.717, 1.165) is 17.1 Å². The summed E-state index contributed by atoms with van der Waals surface area (Å²) in [4.78, 5) is 4.31. The van der Waals surface area contributed by atoms with Crippen molar-refractivity contribution in [2.45, 2.75) is 5.75 Å². The molecule has 5 heteroatoms. The average Bonchev–Trinajstić information content (AvgIpc) is 2.48. The Morgan fingerprint density at radius 3 is 2.55 bits per heavy atom. The fourth-order valence-electron chi connectivity index (χ4n) is 1.57. The zero-order chi connectivity index (χ0) is 14.4. The lowest BCUT2D eigenvalue weighted by Gasteiger charge is -2.04. The summed E-state index contributed by atoms with van der Waals surface area (Å²) in [5.41, 5.74) is 7.76. The number of methoxy groups -OCH3 is 1. The Bertz CT molecular complexity index is 599. The van der Waals surface area contributed by atoms with E-state index in [1.165, 1.54) is 11.8 Å². The number of benzene rings is 2. The SMILES string of the molecule is COc1ccc(CSC(N)=Nc2ccccc2Cl)cc1. The van der Waals surface area contributed by atoms with Crippen LogP contribution in [0.1, 0.15) is 5.56 Å². The second kappa shape index (κ2) is 7.22. The van der Waals surface area contributed by atoms with Gasteiger partial charge in [-0.2, -0.15) is 0 Å². The topological polar surface area (TPSA) is 47.6 Å². The molecule has 0 unspecified atom stereocenters. The minimum Gasteiger partial charge on any atom is -0.497 e. The van der Waals surface area contributed by atoms with E-state index in [-0.39, 0.29) is 0 Å². The highest BCUT2D eigenvalue weighted by atomic mass is 35.5. The molecule has 0 saturated carbocycles. The first-order valence-corrected chi connectivity index (χ1v) is 7.40. The summed E-state index contributed by atoms with van der Waals surface area (Å²) < 4.78 is 5.12. The summed E-state index contributed by atoms with van der Waals surface area (Å²) in [7, 11) is 1.65. The highest BCUT2D eigenvalue weighted by Crippen LogP contribution is 2.25. The third-order valence-corrected chi connectivity index (χ3v) is 3.81. The Balaban J connectivity index is 1.97. The lowest BCUT2D eigenvalue weighted by molar-refractivity contribution is 0.414. The molecule has 2 aromatic rings. The number of amidine groups is 1. The lowest BCUT2D eigenvalue weighted by Crippen LogP contribution is -2.06. The molecule has 2 aromatic carbocycles. The third-order valence-electron chi connectivity index (χ3n) is 2.63. The summed E-state index contributed by atoms with van der Waals surface area (Å²) in [5, 5.41) is 1.09. The van der Waals surface area contributed by atoms with Gasteiger partial charge in [0, 0.05) is 5.75 Å². The predicted octanol–water partition coefficient (Wildman–Crippen LogP) is 4.23. The van der Waals surface area contributed by atoms with E-state index in [0.29, 0.717) is 15.9 Å². The van der Waals surface area contributed by atoms with Gasteiger partial charge in [0.15, 0.2) is 5.17 Å². The second-order valence-corrected chi connectivity index (χ2v) is 5.44. The van der Waals surface area contributed by atoms with Crippen LogP contribution in [-0.2, 0) is 5.75 Å². The van der Waals surface area contributed by atoms with Gasteiger partial charge in [0.2, 0.25) is 0 Å². The number of hydrogen-bond acceptors (Lipinski definition) is 3. The molecule has 0 saturated heterocycles. The van der Waals surface area contributed by atoms with Gasteiger partial charge in [-0.15, -0.1) is 0 Å². The molecule has 0 aliphatic heterocycles. The first kappa shape index (κ1) is 14.8. The van der Waals surface area contributed by atoms with Crippen LogP contribution in [0.25, 0.3) is 0 Å². The van der Waals surface area contributed by atoms with Gasteiger partial charge in [0.1, 0.15) is 5.75 Å². The minimum atomic E-state index is 0.494. The highest BCUT2D eigenvalue weighted by molar-refractivity contribution is 8.13. The smallest absolute Gasteiger partial charge is 0.159 e. The molecular weight excluding hydrogens is 292 g/mol. The molecule has 0 heterocycles. The molecule has 0 fully saturated rings. The van der Waals surface area contributed by atoms with Crippen molar-refractivity contribution in [3.63, 3.8) is 0 Å². The summed E-state index contributed by atoms with van der Waals surface area (Å²) in [6.07, 6.45) is 0. The monoisotopic (exact) mass is 306 g/mol. The number of hydrogen-bond donors (Lipinski definition) is 1. The molecule has 104 valence electrons. The number of nitrogens with zero attached hydrogens (tertiary/aromatic N) is 1. The van der Waals surface area contributed by atoms with Crippen molar-refractivity contribution in [1.29, 1.82) is 0 Å². The van der Waals surface area contributed by atoms with E-state index in [1.54, 1.807) is 13.2 Å². The first-order chi connectivity index (χ1) is 9.69. The number of para-hydroxylation sites is 1. The second-order valence-electron chi connectivity index (χ2n) is 4.04. The lowest BCUT2D eigenvalue weighted by atomic mass is 10.2. The Hall–Kier alpha value is -1.65. The van der Waals surface area contributed by atoms with Crippen LogP contribution < -0.4 is 10.5 Å². The fraction of sp³-hybridized carbons (Fsp3) is 0.133. The number of ether oxygens (including phenoxy) is 1. The van der Waals surface area contributed by atoms with Crippen LogP contribution in [0.4, 0.5) is 5.69 Å². The van der Waals surface area contributed by atoms with E-state index in [4.69, 9.17) is 22.1 Å². The number of thioether (sulfide) groups is 1. The van der Waals surface area contributed by atoms with E-state index in [9.17, 15) is 0 Å². The first-order valence-electron chi connectivity index (χ1n) is 6.03. The van der Waals surface area contributed by atoms with Gasteiger partial charge < -0.3 is 10.5 Å². The maximum atomic E-state index is 6.03. The van der Waals surface area contributed by atoms with Gasteiger partial charge >= 0.3 is 0 Å². The molecule has 0 spiro atoms. The molecule has 2 N–H and O–H groups in total. The normalized spacial score (nSPS) is 11.4. The molecule has 0 bridgehead atoms. The summed E-state index contributed by atoms with van der Waals surface area (Å²) in [5.74, 6) is 1.60. The predicted molar refractivity (Wildman–Crippen MR) is 87.0 cm³/mol. The standard InChI is InChI=1S/C15H15ClN2OS/c1-19-12-8-6-11(7-9-12)10-20-15(17)18-14-5-3-2-4-13(14)16/h2-9H,10H2,1H3,(H2,17,18). The van der Waals surface area contributed by atoms with Crippen LogP contribution in [-0.4, -0.2) is 12.3 Å². The summed E-state index contributed by atoms with van der Waals surface area (Å²) >= 11 is 7.51. The van der Waals surface area contributed by atoms with Crippen molar-refractivity contribution >= 4 is 34.2 Å². The zero-order valence-corrected chi connectivity index (χ0v) is 12.6. The molecule has 0 aliphatic carbocycles. The van der Waals surface area contributed by atoms with Gasteiger partial charge in [-0.25, -0.2) is 4.99 Å². The maximum Gasteiger partial charge on any atom is 0.159 e. The van der Waals surface area contributed by atoms with Crippen molar-refractivity contribution in [2.75, 3.05) is 7.11 Å². The molecule has 20 heavy (non-hydrogen) atoms. The summed E-state index contributed by atoms with van der Waals surface area (Å²) in [6.45, 7) is 0. The molecular formula is C15H15ClN2OS. The molecule has 3 nitrogen and oxygen atoms in total. The number of nitrogens with two attached hydrogens (primary N) is 1. The van der Waals surface area contributed by atoms with Crippen LogP contribution in [0.3, 0.4) is 0 Å². The maximum absolute atomic E-state index is 6.03. The van der Waals surface area contributed by atoms with Crippen molar-refractivity contribution in [3.05, 3.63) is 59.1 Å². The van der Waals surface area contributed by atoms with Gasteiger partial charge in [-0.1, -0.05) is 47.6 Å². The number of halogens is 1. The Morgan fingerprint density at radius 1 is 1.20 bits per heavy atom. The van der Waals surface area contributed by atoms with Gasteiger partial charge in [0.05, 0.1) is 17.8 Å². The average molecular weight is 307 g/mol. The quantitative estimate of drug-likeness (QED) is 0.679. The van der Waals surface area contributed by atoms with E-state index in [1.807, 2.05) is 42.5 Å². The van der Waals surface area contributed by atoms with E-state index >= 15 is 0 Å². The number of rotatable bonds is 4.